The summed E-state index contributed by atoms with van der Waals surface area (Å²) in [5, 5.41) is 0.467. The Morgan fingerprint density at radius 2 is 2.00 bits per heavy atom. The maximum atomic E-state index is 12.5. The Hall–Kier alpha value is -0.630. The van der Waals surface area contributed by atoms with Crippen molar-refractivity contribution in [1.29, 1.82) is 0 Å². The van der Waals surface area contributed by atoms with Crippen molar-refractivity contribution >= 4 is 43.5 Å². The highest BCUT2D eigenvalue weighted by Gasteiger charge is 2.30. The Morgan fingerprint density at radius 3 is 2.52 bits per heavy atom. The Bertz CT molecular complexity index is 643. The Labute approximate surface area is 137 Å². The molecule has 0 aliphatic carbocycles. The van der Waals surface area contributed by atoms with Crippen LogP contribution in [0.2, 0.25) is 5.02 Å². The lowest BCUT2D eigenvalue weighted by Gasteiger charge is -2.30. The van der Waals surface area contributed by atoms with Crippen molar-refractivity contribution in [3.8, 4) is 0 Å². The van der Waals surface area contributed by atoms with Crippen LogP contribution in [-0.2, 0) is 14.8 Å². The fourth-order valence-electron chi connectivity index (χ4n) is 2.42. The number of piperidine rings is 1. The summed E-state index contributed by atoms with van der Waals surface area (Å²) in [6, 6.07) is 4.56. The van der Waals surface area contributed by atoms with Gasteiger partial charge in [-0.2, -0.15) is 4.31 Å². The molecule has 1 fully saturated rings. The molecule has 1 aromatic rings. The highest BCUT2D eigenvalue weighted by atomic mass is 79.9. The molecule has 0 atom stereocenters. The van der Waals surface area contributed by atoms with E-state index < -0.39 is 10.0 Å². The molecule has 21 heavy (non-hydrogen) atoms. The molecular weight excluding hydrogens is 380 g/mol. The second-order valence-corrected chi connectivity index (χ2v) is 8.29. The summed E-state index contributed by atoms with van der Waals surface area (Å²) < 4.78 is 27.1. The zero-order valence-corrected chi connectivity index (χ0v) is 14.4. The number of sulfonamides is 1. The maximum absolute atomic E-state index is 12.5. The largest absolute Gasteiger partial charge is 0.370 e. The number of carbonyl (C=O) groups is 1. The zero-order valence-electron chi connectivity index (χ0n) is 11.3. The molecule has 1 amide bonds. The Morgan fingerprint density at radius 1 is 1.38 bits per heavy atom. The lowest BCUT2D eigenvalue weighted by Crippen LogP contribution is -2.39. The molecule has 0 radical (unpaired) electrons. The van der Waals surface area contributed by atoms with Crippen molar-refractivity contribution in [2.24, 2.45) is 11.7 Å². The van der Waals surface area contributed by atoms with Crippen LogP contribution in [0.1, 0.15) is 19.3 Å². The topological polar surface area (TPSA) is 80.5 Å². The van der Waals surface area contributed by atoms with Crippen LogP contribution in [-0.4, -0.2) is 31.7 Å². The van der Waals surface area contributed by atoms with Gasteiger partial charge in [-0.05, 0) is 52.9 Å². The van der Waals surface area contributed by atoms with E-state index in [1.54, 1.807) is 6.07 Å². The van der Waals surface area contributed by atoms with E-state index in [4.69, 9.17) is 17.3 Å². The van der Waals surface area contributed by atoms with Gasteiger partial charge in [0.2, 0.25) is 15.9 Å². The minimum atomic E-state index is -3.52. The number of amides is 1. The van der Waals surface area contributed by atoms with E-state index in [-0.39, 0.29) is 16.7 Å². The highest BCUT2D eigenvalue weighted by molar-refractivity contribution is 9.10. The van der Waals surface area contributed by atoms with Crippen LogP contribution < -0.4 is 5.73 Å². The molecule has 0 unspecified atom stereocenters. The lowest BCUT2D eigenvalue weighted by molar-refractivity contribution is -0.119. The first-order chi connectivity index (χ1) is 9.80. The van der Waals surface area contributed by atoms with E-state index in [1.807, 2.05) is 0 Å². The van der Waals surface area contributed by atoms with Gasteiger partial charge in [0.15, 0.2) is 0 Å². The second-order valence-electron chi connectivity index (χ2n) is 5.09. The third-order valence-electron chi connectivity index (χ3n) is 3.59. The average Bonchev–Trinajstić information content (AvgIpc) is 2.41. The molecule has 0 spiro atoms. The first kappa shape index (κ1) is 16.7. The van der Waals surface area contributed by atoms with Crippen LogP contribution in [0.25, 0.3) is 0 Å². The number of benzene rings is 1. The zero-order chi connectivity index (χ0) is 15.6. The molecule has 8 heteroatoms. The third kappa shape index (κ3) is 3.97. The Balaban J connectivity index is 2.11. The van der Waals surface area contributed by atoms with E-state index >= 15 is 0 Å². The smallest absolute Gasteiger partial charge is 0.243 e. The van der Waals surface area contributed by atoms with Crippen LogP contribution in [0, 0.1) is 5.92 Å². The van der Waals surface area contributed by atoms with E-state index in [1.165, 1.54) is 16.4 Å². The molecule has 1 heterocycles. The summed E-state index contributed by atoms with van der Waals surface area (Å²) in [5.41, 5.74) is 5.18. The van der Waals surface area contributed by atoms with Gasteiger partial charge in [0, 0.05) is 24.0 Å². The van der Waals surface area contributed by atoms with Crippen molar-refractivity contribution < 1.29 is 13.2 Å². The number of halogens is 2. The predicted molar refractivity (Wildman–Crippen MR) is 84.4 cm³/mol. The minimum Gasteiger partial charge on any atom is -0.370 e. The van der Waals surface area contributed by atoms with Gasteiger partial charge in [0.05, 0.1) is 9.92 Å². The Kier molecular flexibility index (Phi) is 5.29. The monoisotopic (exact) mass is 394 g/mol. The number of rotatable bonds is 4. The molecule has 1 aliphatic rings. The van der Waals surface area contributed by atoms with E-state index in [0.717, 1.165) is 0 Å². The third-order valence-corrected chi connectivity index (χ3v) is 6.70. The van der Waals surface area contributed by atoms with Crippen LogP contribution in [0.5, 0.6) is 0 Å². The quantitative estimate of drug-likeness (QED) is 0.850. The van der Waals surface area contributed by atoms with Crippen molar-refractivity contribution in [1.82, 2.24) is 4.31 Å². The standard InChI is InChI=1S/C13H16BrClN2O3S/c14-11-8-10(1-2-12(11)15)21(19,20)17-5-3-9(4-6-17)7-13(16)18/h1-2,8-9H,3-7H2,(H2,16,18). The molecule has 0 bridgehead atoms. The average molecular weight is 396 g/mol. The fraction of sp³-hybridized carbons (Fsp3) is 0.462. The van der Waals surface area contributed by atoms with Gasteiger partial charge in [-0.25, -0.2) is 8.42 Å². The van der Waals surface area contributed by atoms with Crippen LogP contribution in [0.3, 0.4) is 0 Å². The normalized spacial score (nSPS) is 17.8. The van der Waals surface area contributed by atoms with Crippen molar-refractivity contribution in [2.75, 3.05) is 13.1 Å². The first-order valence-electron chi connectivity index (χ1n) is 6.54. The van der Waals surface area contributed by atoms with E-state index in [2.05, 4.69) is 15.9 Å². The van der Waals surface area contributed by atoms with E-state index in [9.17, 15) is 13.2 Å². The highest BCUT2D eigenvalue weighted by Crippen LogP contribution is 2.29. The van der Waals surface area contributed by atoms with Gasteiger partial charge in [0.25, 0.3) is 0 Å². The number of nitrogens with two attached hydrogens (primary N) is 1. The number of hydrogen-bond acceptors (Lipinski definition) is 3. The summed E-state index contributed by atoms with van der Waals surface area (Å²) >= 11 is 9.12. The molecule has 2 N–H and O–H groups in total. The number of carbonyl (C=O) groups excluding carboxylic acids is 1. The van der Waals surface area contributed by atoms with Crippen LogP contribution >= 0.6 is 27.5 Å². The van der Waals surface area contributed by atoms with Gasteiger partial charge < -0.3 is 5.73 Å². The minimum absolute atomic E-state index is 0.172. The number of nitrogens with zero attached hydrogens (tertiary/aromatic N) is 1. The SMILES string of the molecule is NC(=O)CC1CCN(S(=O)(=O)c2ccc(Cl)c(Br)c2)CC1. The van der Waals surface area contributed by atoms with Crippen molar-refractivity contribution in [2.45, 2.75) is 24.2 Å². The molecule has 0 saturated carbocycles. The molecule has 1 aromatic carbocycles. The predicted octanol–water partition coefficient (Wildman–Crippen LogP) is 2.38. The summed E-state index contributed by atoms with van der Waals surface area (Å²) in [7, 11) is -3.52. The van der Waals surface area contributed by atoms with Crippen LogP contribution in [0.4, 0.5) is 0 Å². The van der Waals surface area contributed by atoms with Gasteiger partial charge in [-0.3, -0.25) is 4.79 Å². The summed E-state index contributed by atoms with van der Waals surface area (Å²) in [6.07, 6.45) is 1.62. The first-order valence-corrected chi connectivity index (χ1v) is 9.15. The van der Waals surface area contributed by atoms with Gasteiger partial charge in [-0.15, -0.1) is 0 Å². The van der Waals surface area contributed by atoms with E-state index in [0.29, 0.717) is 41.8 Å². The molecular formula is C13H16BrClN2O3S. The van der Waals surface area contributed by atoms with Gasteiger partial charge in [0.1, 0.15) is 0 Å². The molecule has 0 aromatic heterocycles. The molecule has 2 rings (SSSR count). The molecule has 1 aliphatic heterocycles. The lowest BCUT2D eigenvalue weighted by atomic mass is 9.94. The summed E-state index contributed by atoms with van der Waals surface area (Å²) in [6.45, 7) is 0.807. The van der Waals surface area contributed by atoms with Gasteiger partial charge >= 0.3 is 0 Å². The van der Waals surface area contributed by atoms with Crippen molar-refractivity contribution in [3.63, 3.8) is 0 Å². The summed E-state index contributed by atoms with van der Waals surface area (Å²) in [4.78, 5) is 11.1. The number of primary amides is 1. The maximum Gasteiger partial charge on any atom is 0.243 e. The molecule has 116 valence electrons. The molecule has 5 nitrogen and oxygen atoms in total. The van der Waals surface area contributed by atoms with Crippen LogP contribution in [0.15, 0.2) is 27.6 Å². The number of hydrogen-bond donors (Lipinski definition) is 1. The fourth-order valence-corrected chi connectivity index (χ4v) is 4.57. The molecule has 1 saturated heterocycles. The second kappa shape index (κ2) is 6.64. The van der Waals surface area contributed by atoms with Gasteiger partial charge in [-0.1, -0.05) is 11.6 Å². The van der Waals surface area contributed by atoms with Crippen molar-refractivity contribution in [3.05, 3.63) is 27.7 Å². The summed E-state index contributed by atoms with van der Waals surface area (Å²) in [5.74, 6) is -0.163.